The fourth-order valence-corrected chi connectivity index (χ4v) is 4.64. The van der Waals surface area contributed by atoms with Crippen molar-refractivity contribution in [3.63, 3.8) is 0 Å². The van der Waals surface area contributed by atoms with Crippen molar-refractivity contribution in [3.8, 4) is 11.4 Å². The molecule has 0 atom stereocenters. The smallest absolute Gasteiger partial charge is 0.233 e. The van der Waals surface area contributed by atoms with Crippen LogP contribution < -0.4 is 0 Å². The van der Waals surface area contributed by atoms with E-state index in [0.29, 0.717) is 48.7 Å². The maximum absolute atomic E-state index is 14.4. The zero-order valence-corrected chi connectivity index (χ0v) is 19.6. The minimum atomic E-state index is -0.339. The number of hydrogen-bond acceptors (Lipinski definition) is 6. The van der Waals surface area contributed by atoms with Crippen LogP contribution in [0.4, 0.5) is 4.39 Å². The highest BCUT2D eigenvalue weighted by Gasteiger charge is 2.20. The van der Waals surface area contributed by atoms with Gasteiger partial charge in [-0.2, -0.15) is 0 Å². The number of rotatable bonds is 11. The van der Waals surface area contributed by atoms with Crippen molar-refractivity contribution in [2.45, 2.75) is 32.1 Å². The molecule has 3 aromatic rings. The van der Waals surface area contributed by atoms with Gasteiger partial charge in [-0.15, -0.1) is 21.5 Å². The second kappa shape index (κ2) is 11.4. The SMILES string of the molecule is COCCN(Cc1cccs1)C(=O)CSc1nnc(-c2ccccc2F)n1CC(C)C. The number of ether oxygens (including phenoxy) is 1. The predicted octanol–water partition coefficient (Wildman–Crippen LogP) is 4.57. The summed E-state index contributed by atoms with van der Waals surface area (Å²) in [4.78, 5) is 15.9. The lowest BCUT2D eigenvalue weighted by atomic mass is 10.2. The molecule has 2 heterocycles. The van der Waals surface area contributed by atoms with Crippen LogP contribution in [0.25, 0.3) is 11.4 Å². The Morgan fingerprint density at radius 3 is 2.74 bits per heavy atom. The van der Waals surface area contributed by atoms with E-state index in [2.05, 4.69) is 24.0 Å². The number of amides is 1. The van der Waals surface area contributed by atoms with Crippen molar-refractivity contribution in [1.82, 2.24) is 19.7 Å². The molecular formula is C22H27FN4O2S2. The summed E-state index contributed by atoms with van der Waals surface area (Å²) in [5.74, 6) is 0.684. The first kappa shape index (κ1) is 23.4. The van der Waals surface area contributed by atoms with Crippen LogP contribution >= 0.6 is 23.1 Å². The molecule has 0 aliphatic heterocycles. The lowest BCUT2D eigenvalue weighted by Crippen LogP contribution is -2.34. The number of thioether (sulfide) groups is 1. The lowest BCUT2D eigenvalue weighted by Gasteiger charge is -2.21. The summed E-state index contributed by atoms with van der Waals surface area (Å²) < 4.78 is 21.4. The highest BCUT2D eigenvalue weighted by atomic mass is 32.2. The molecule has 0 spiro atoms. The van der Waals surface area contributed by atoms with Crippen LogP contribution in [0, 0.1) is 11.7 Å². The summed E-state index contributed by atoms with van der Waals surface area (Å²) in [5, 5.41) is 11.1. The maximum Gasteiger partial charge on any atom is 0.233 e. The number of hydrogen-bond donors (Lipinski definition) is 0. The van der Waals surface area contributed by atoms with Crippen LogP contribution in [0.1, 0.15) is 18.7 Å². The van der Waals surface area contributed by atoms with Gasteiger partial charge in [0.05, 0.1) is 24.5 Å². The normalized spacial score (nSPS) is 11.3. The highest BCUT2D eigenvalue weighted by molar-refractivity contribution is 7.99. The van der Waals surface area contributed by atoms with Crippen LogP contribution in [0.5, 0.6) is 0 Å². The number of methoxy groups -OCH3 is 1. The first-order chi connectivity index (χ1) is 15.0. The number of aromatic nitrogens is 3. The highest BCUT2D eigenvalue weighted by Crippen LogP contribution is 2.27. The van der Waals surface area contributed by atoms with Gasteiger partial charge in [-0.05, 0) is 29.5 Å². The van der Waals surface area contributed by atoms with Crippen molar-refractivity contribution in [3.05, 3.63) is 52.5 Å². The van der Waals surface area contributed by atoms with Crippen molar-refractivity contribution < 1.29 is 13.9 Å². The Morgan fingerprint density at radius 1 is 1.26 bits per heavy atom. The van der Waals surface area contributed by atoms with E-state index in [1.165, 1.54) is 17.8 Å². The van der Waals surface area contributed by atoms with Crippen LogP contribution in [-0.4, -0.2) is 51.6 Å². The zero-order chi connectivity index (χ0) is 22.2. The largest absolute Gasteiger partial charge is 0.383 e. The standard InChI is InChI=1S/C22H27FN4O2S2/c1-16(2)13-27-21(18-8-4-5-9-19(18)23)24-25-22(27)31-15-20(28)26(10-11-29-3)14-17-7-6-12-30-17/h4-9,12,16H,10-11,13-15H2,1-3H3. The molecule has 0 unspecified atom stereocenters. The fraction of sp³-hybridized carbons (Fsp3) is 0.409. The Kier molecular flexibility index (Phi) is 8.62. The van der Waals surface area contributed by atoms with E-state index < -0.39 is 0 Å². The first-order valence-corrected chi connectivity index (χ1v) is 12.0. The molecule has 0 aliphatic rings. The molecular weight excluding hydrogens is 435 g/mol. The van der Waals surface area contributed by atoms with Crippen molar-refractivity contribution in [2.75, 3.05) is 26.0 Å². The molecule has 0 saturated carbocycles. The van der Waals surface area contributed by atoms with E-state index in [1.54, 1.807) is 41.5 Å². The van der Waals surface area contributed by atoms with Gasteiger partial charge in [0.1, 0.15) is 5.82 Å². The summed E-state index contributed by atoms with van der Waals surface area (Å²) in [6.07, 6.45) is 0. The molecule has 0 bridgehead atoms. The monoisotopic (exact) mass is 462 g/mol. The van der Waals surface area contributed by atoms with E-state index in [1.807, 2.05) is 22.1 Å². The fourth-order valence-electron chi connectivity index (χ4n) is 3.07. The third kappa shape index (κ3) is 6.38. The molecule has 31 heavy (non-hydrogen) atoms. The second-order valence-electron chi connectivity index (χ2n) is 7.47. The second-order valence-corrected chi connectivity index (χ2v) is 9.44. The van der Waals surface area contributed by atoms with E-state index in [-0.39, 0.29) is 17.5 Å². The molecule has 166 valence electrons. The molecule has 0 fully saturated rings. The number of thiophene rings is 1. The van der Waals surface area contributed by atoms with Crippen LogP contribution in [-0.2, 0) is 22.6 Å². The van der Waals surface area contributed by atoms with Gasteiger partial charge in [-0.1, -0.05) is 43.8 Å². The summed E-state index contributed by atoms with van der Waals surface area (Å²) in [5.41, 5.74) is 0.410. The predicted molar refractivity (Wildman–Crippen MR) is 123 cm³/mol. The first-order valence-electron chi connectivity index (χ1n) is 10.1. The van der Waals surface area contributed by atoms with Gasteiger partial charge in [-0.3, -0.25) is 4.79 Å². The average molecular weight is 463 g/mol. The van der Waals surface area contributed by atoms with Gasteiger partial charge in [0, 0.05) is 25.1 Å². The Bertz CT molecular complexity index is 976. The molecule has 0 saturated heterocycles. The third-order valence-corrected chi connectivity index (χ3v) is 6.36. The molecule has 1 aromatic carbocycles. The number of benzene rings is 1. The minimum absolute atomic E-state index is 0.00184. The molecule has 1 amide bonds. The zero-order valence-electron chi connectivity index (χ0n) is 18.0. The van der Waals surface area contributed by atoms with E-state index in [0.717, 1.165) is 4.88 Å². The molecule has 6 nitrogen and oxygen atoms in total. The van der Waals surface area contributed by atoms with Crippen LogP contribution in [0.2, 0.25) is 0 Å². The van der Waals surface area contributed by atoms with Gasteiger partial charge in [0.2, 0.25) is 5.91 Å². The van der Waals surface area contributed by atoms with Crippen LogP contribution in [0.15, 0.2) is 46.9 Å². The topological polar surface area (TPSA) is 60.2 Å². The van der Waals surface area contributed by atoms with E-state index >= 15 is 0 Å². The Labute approximate surface area is 190 Å². The number of carbonyl (C=O) groups is 1. The van der Waals surface area contributed by atoms with Gasteiger partial charge >= 0.3 is 0 Å². The van der Waals surface area contributed by atoms with Gasteiger partial charge in [0.15, 0.2) is 11.0 Å². The number of halogens is 1. The van der Waals surface area contributed by atoms with E-state index in [9.17, 15) is 9.18 Å². The molecule has 0 N–H and O–H groups in total. The summed E-state index contributed by atoms with van der Waals surface area (Å²) in [7, 11) is 1.63. The molecule has 0 radical (unpaired) electrons. The van der Waals surface area contributed by atoms with Crippen molar-refractivity contribution in [1.29, 1.82) is 0 Å². The maximum atomic E-state index is 14.4. The van der Waals surface area contributed by atoms with E-state index in [4.69, 9.17) is 4.74 Å². The number of carbonyl (C=O) groups excluding carboxylic acids is 1. The average Bonchev–Trinajstić information content (AvgIpc) is 3.39. The Morgan fingerprint density at radius 2 is 2.06 bits per heavy atom. The Balaban J connectivity index is 1.76. The summed E-state index contributed by atoms with van der Waals surface area (Å²) in [6, 6.07) is 10.5. The third-order valence-electron chi connectivity index (χ3n) is 4.55. The molecule has 2 aromatic heterocycles. The quantitative estimate of drug-likeness (QED) is 0.391. The molecule has 0 aliphatic carbocycles. The van der Waals surface area contributed by atoms with Crippen molar-refractivity contribution in [2.24, 2.45) is 5.92 Å². The van der Waals surface area contributed by atoms with Gasteiger partial charge in [-0.25, -0.2) is 4.39 Å². The molecule has 3 rings (SSSR count). The van der Waals surface area contributed by atoms with Gasteiger partial charge < -0.3 is 14.2 Å². The Hall–Kier alpha value is -2.23. The summed E-state index contributed by atoms with van der Waals surface area (Å²) in [6.45, 7) is 6.35. The molecule has 9 heteroatoms. The van der Waals surface area contributed by atoms with Crippen molar-refractivity contribution >= 4 is 29.0 Å². The summed E-state index contributed by atoms with van der Waals surface area (Å²) >= 11 is 2.96. The van der Waals surface area contributed by atoms with Gasteiger partial charge in [0.25, 0.3) is 0 Å². The van der Waals surface area contributed by atoms with Crippen LogP contribution in [0.3, 0.4) is 0 Å². The lowest BCUT2D eigenvalue weighted by molar-refractivity contribution is -0.129. The minimum Gasteiger partial charge on any atom is -0.383 e. The number of nitrogens with zero attached hydrogens (tertiary/aromatic N) is 4.